The van der Waals surface area contributed by atoms with E-state index in [1.54, 1.807) is 22.7 Å². The normalized spacial score (nSPS) is 13.2. The van der Waals surface area contributed by atoms with E-state index in [1.165, 1.54) is 12.8 Å². The maximum Gasteiger partial charge on any atom is 0.225 e. The average molecular weight is 435 g/mol. The van der Waals surface area contributed by atoms with E-state index < -0.39 is 0 Å². The molecule has 0 saturated carbocycles. The summed E-state index contributed by atoms with van der Waals surface area (Å²) >= 11 is 3.25. The highest BCUT2D eigenvalue weighted by Gasteiger charge is 2.18. The van der Waals surface area contributed by atoms with Gasteiger partial charge in [-0.15, -0.1) is 22.7 Å². The maximum absolute atomic E-state index is 12.7. The number of nitrogens with one attached hydrogen (secondary N) is 1. The van der Waals surface area contributed by atoms with E-state index in [9.17, 15) is 4.79 Å². The molecule has 0 bridgehead atoms. The Kier molecular flexibility index (Phi) is 5.46. The second-order valence-electron chi connectivity index (χ2n) is 7.39. The Morgan fingerprint density at radius 3 is 2.80 bits per heavy atom. The van der Waals surface area contributed by atoms with E-state index >= 15 is 0 Å². The third-order valence-corrected chi connectivity index (χ3v) is 7.20. The van der Waals surface area contributed by atoms with Crippen molar-refractivity contribution < 1.29 is 4.79 Å². The number of thiazole rings is 1. The quantitative estimate of drug-likeness (QED) is 0.468. The molecule has 152 valence electrons. The molecule has 7 heteroatoms. The summed E-state index contributed by atoms with van der Waals surface area (Å²) in [5.74, 6) is 1.14. The van der Waals surface area contributed by atoms with Crippen LogP contribution in [0.3, 0.4) is 0 Å². The van der Waals surface area contributed by atoms with Crippen molar-refractivity contribution in [2.75, 3.05) is 0 Å². The number of hydrogen-bond donors (Lipinski definition) is 1. The lowest BCUT2D eigenvalue weighted by Crippen LogP contribution is -2.24. The van der Waals surface area contributed by atoms with Gasteiger partial charge in [0.1, 0.15) is 10.8 Å². The first-order chi connectivity index (χ1) is 14.8. The molecule has 1 aromatic carbocycles. The molecule has 3 aromatic heterocycles. The lowest BCUT2D eigenvalue weighted by molar-refractivity contribution is -0.120. The van der Waals surface area contributed by atoms with E-state index in [0.717, 1.165) is 50.5 Å². The zero-order valence-corrected chi connectivity index (χ0v) is 18.1. The fraction of sp³-hybridized carbons (Fsp3) is 0.261. The minimum absolute atomic E-state index is 0.00189. The van der Waals surface area contributed by atoms with E-state index in [1.807, 2.05) is 29.6 Å². The van der Waals surface area contributed by atoms with Crippen molar-refractivity contribution in [2.45, 2.75) is 38.8 Å². The topological polar surface area (TPSA) is 59.8 Å². The number of carbonyl (C=O) groups excluding carboxylic acids is 1. The van der Waals surface area contributed by atoms with E-state index in [2.05, 4.69) is 39.3 Å². The van der Waals surface area contributed by atoms with Gasteiger partial charge in [-0.2, -0.15) is 0 Å². The van der Waals surface area contributed by atoms with Crippen LogP contribution in [0.4, 0.5) is 0 Å². The molecule has 4 aromatic rings. The average Bonchev–Trinajstić information content (AvgIpc) is 3.52. The Bertz CT molecular complexity index is 1120. The molecule has 1 aliphatic heterocycles. The molecule has 0 radical (unpaired) electrons. The van der Waals surface area contributed by atoms with Crippen molar-refractivity contribution >= 4 is 28.6 Å². The van der Waals surface area contributed by atoms with E-state index in [4.69, 9.17) is 4.98 Å². The largest absolute Gasteiger partial charge is 0.350 e. The van der Waals surface area contributed by atoms with Crippen molar-refractivity contribution in [3.8, 4) is 21.1 Å². The smallest absolute Gasteiger partial charge is 0.225 e. The van der Waals surface area contributed by atoms with Gasteiger partial charge in [-0.1, -0.05) is 36.4 Å². The molecule has 0 spiro atoms. The highest BCUT2D eigenvalue weighted by Crippen LogP contribution is 2.36. The van der Waals surface area contributed by atoms with E-state index in [0.29, 0.717) is 13.0 Å². The molecule has 1 amide bonds. The van der Waals surface area contributed by atoms with E-state index in [-0.39, 0.29) is 5.91 Å². The molecule has 5 nitrogen and oxygen atoms in total. The molecular formula is C23H22N4OS2. The Labute approximate surface area is 183 Å². The monoisotopic (exact) mass is 434 g/mol. The number of rotatable bonds is 6. The van der Waals surface area contributed by atoms with Crippen LogP contribution >= 0.6 is 22.7 Å². The molecule has 0 atom stereocenters. The zero-order chi connectivity index (χ0) is 20.3. The SMILES string of the molecule is O=C(Cc1sc(-c2ccccc2)nc1-c1cccs1)NCc1cn2c(n1)CCCC2. The molecule has 5 rings (SSSR count). The van der Waals surface area contributed by atoms with Gasteiger partial charge in [-0.25, -0.2) is 9.97 Å². The second kappa shape index (κ2) is 8.53. The van der Waals surface area contributed by atoms with Crippen LogP contribution in [-0.4, -0.2) is 20.4 Å². The number of nitrogens with zero attached hydrogens (tertiary/aromatic N) is 3. The van der Waals surface area contributed by atoms with Gasteiger partial charge in [0.05, 0.1) is 29.2 Å². The van der Waals surface area contributed by atoms with Crippen LogP contribution in [0.15, 0.2) is 54.0 Å². The van der Waals surface area contributed by atoms with Crippen molar-refractivity contribution in [3.05, 3.63) is 70.4 Å². The van der Waals surface area contributed by atoms with Crippen LogP contribution in [0, 0.1) is 0 Å². The first kappa shape index (κ1) is 19.2. The zero-order valence-electron chi connectivity index (χ0n) is 16.5. The first-order valence-corrected chi connectivity index (χ1v) is 11.9. The number of aryl methyl sites for hydroxylation is 2. The Balaban J connectivity index is 1.32. The lowest BCUT2D eigenvalue weighted by atomic mass is 10.2. The number of imidazole rings is 1. The minimum Gasteiger partial charge on any atom is -0.350 e. The molecule has 30 heavy (non-hydrogen) atoms. The summed E-state index contributed by atoms with van der Waals surface area (Å²) in [5, 5.41) is 6.04. The molecule has 0 saturated heterocycles. The molecular weight excluding hydrogens is 412 g/mol. The fourth-order valence-corrected chi connectivity index (χ4v) is 5.62. The van der Waals surface area contributed by atoms with Crippen molar-refractivity contribution in [3.63, 3.8) is 0 Å². The van der Waals surface area contributed by atoms with Gasteiger partial charge in [-0.05, 0) is 24.3 Å². The summed E-state index contributed by atoms with van der Waals surface area (Å²) in [5.41, 5.74) is 2.94. The van der Waals surface area contributed by atoms with Gasteiger partial charge in [0.25, 0.3) is 0 Å². The molecule has 1 N–H and O–H groups in total. The van der Waals surface area contributed by atoms with Gasteiger partial charge in [0.15, 0.2) is 0 Å². The van der Waals surface area contributed by atoms with Crippen LogP contribution in [0.1, 0.15) is 29.2 Å². The predicted molar refractivity (Wildman–Crippen MR) is 122 cm³/mol. The van der Waals surface area contributed by atoms with Crippen molar-refractivity contribution in [1.29, 1.82) is 0 Å². The summed E-state index contributed by atoms with van der Waals surface area (Å²) in [4.78, 5) is 24.4. The highest BCUT2D eigenvalue weighted by molar-refractivity contribution is 7.17. The number of carbonyl (C=O) groups is 1. The number of amides is 1. The number of benzene rings is 1. The van der Waals surface area contributed by atoms with Crippen LogP contribution in [0.2, 0.25) is 0 Å². The van der Waals surface area contributed by atoms with Gasteiger partial charge < -0.3 is 9.88 Å². The van der Waals surface area contributed by atoms with Gasteiger partial charge in [-0.3, -0.25) is 4.79 Å². The maximum atomic E-state index is 12.7. The third-order valence-electron chi connectivity index (χ3n) is 5.22. The highest BCUT2D eigenvalue weighted by atomic mass is 32.1. The van der Waals surface area contributed by atoms with Gasteiger partial charge in [0.2, 0.25) is 5.91 Å². The number of hydrogen-bond acceptors (Lipinski definition) is 5. The third kappa shape index (κ3) is 4.08. The first-order valence-electron chi connectivity index (χ1n) is 10.2. The number of fused-ring (bicyclic) bond motifs is 1. The second-order valence-corrected chi connectivity index (χ2v) is 9.42. The number of aromatic nitrogens is 3. The molecule has 4 heterocycles. The Hall–Kier alpha value is -2.77. The van der Waals surface area contributed by atoms with Crippen molar-refractivity contribution in [1.82, 2.24) is 19.9 Å². The number of thiophene rings is 1. The van der Waals surface area contributed by atoms with Crippen LogP contribution < -0.4 is 5.32 Å². The molecule has 0 aliphatic carbocycles. The molecule has 0 fully saturated rings. The molecule has 1 aliphatic rings. The molecule has 0 unspecified atom stereocenters. The summed E-state index contributed by atoms with van der Waals surface area (Å²) in [7, 11) is 0. The summed E-state index contributed by atoms with van der Waals surface area (Å²) in [6.45, 7) is 1.50. The van der Waals surface area contributed by atoms with Crippen LogP contribution in [-0.2, 0) is 30.7 Å². The Morgan fingerprint density at radius 2 is 2.00 bits per heavy atom. The Morgan fingerprint density at radius 1 is 1.10 bits per heavy atom. The van der Waals surface area contributed by atoms with Crippen molar-refractivity contribution in [2.24, 2.45) is 0 Å². The standard InChI is InChI=1S/C23H22N4OS2/c28-21(24-14-17-15-27-11-5-4-10-20(27)25-17)13-19-22(18-9-6-12-29-18)26-23(30-19)16-7-2-1-3-8-16/h1-3,6-9,12,15H,4-5,10-11,13-14H2,(H,24,28). The predicted octanol–water partition coefficient (Wildman–Crippen LogP) is 4.93. The van der Waals surface area contributed by atoms with Crippen LogP contribution in [0.5, 0.6) is 0 Å². The summed E-state index contributed by atoms with van der Waals surface area (Å²) in [6.07, 6.45) is 5.83. The van der Waals surface area contributed by atoms with Crippen LogP contribution in [0.25, 0.3) is 21.1 Å². The van der Waals surface area contributed by atoms with Gasteiger partial charge in [0, 0.05) is 29.6 Å². The fourth-order valence-electron chi connectivity index (χ4n) is 3.74. The summed E-state index contributed by atoms with van der Waals surface area (Å²) in [6, 6.07) is 14.2. The lowest BCUT2D eigenvalue weighted by Gasteiger charge is -2.11. The minimum atomic E-state index is 0.00189. The van der Waals surface area contributed by atoms with Gasteiger partial charge >= 0.3 is 0 Å². The summed E-state index contributed by atoms with van der Waals surface area (Å²) < 4.78 is 2.22.